The van der Waals surface area contributed by atoms with Crippen LogP contribution in [0.15, 0.2) is 53.3 Å². The van der Waals surface area contributed by atoms with Crippen molar-refractivity contribution in [2.75, 3.05) is 0 Å². The average molecular weight is 354 g/mol. The smallest absolute Gasteiger partial charge is 0.266 e. The van der Waals surface area contributed by atoms with E-state index in [1.54, 1.807) is 12.1 Å². The Morgan fingerprint density at radius 2 is 1.96 bits per heavy atom. The Labute approximate surface area is 146 Å². The molecule has 24 heavy (non-hydrogen) atoms. The number of aryl methyl sites for hydroxylation is 1. The number of hydrogen-bond acceptors (Lipinski definition) is 4. The summed E-state index contributed by atoms with van der Waals surface area (Å²) in [6.07, 6.45) is 1.83. The molecular formula is C18H12ClN3OS. The Morgan fingerprint density at radius 1 is 1.17 bits per heavy atom. The number of thiazole rings is 1. The van der Waals surface area contributed by atoms with Gasteiger partial charge in [0.25, 0.3) is 5.56 Å². The van der Waals surface area contributed by atoms with E-state index in [0.29, 0.717) is 20.3 Å². The van der Waals surface area contributed by atoms with Crippen LogP contribution in [0, 0.1) is 6.92 Å². The molecule has 0 aliphatic rings. The zero-order valence-corrected chi connectivity index (χ0v) is 14.3. The Balaban J connectivity index is 1.81. The summed E-state index contributed by atoms with van der Waals surface area (Å²) in [5.41, 5.74) is 2.80. The zero-order valence-electron chi connectivity index (χ0n) is 12.7. The molecule has 0 bridgehead atoms. The molecule has 0 radical (unpaired) electrons. The Kier molecular flexibility index (Phi) is 3.67. The van der Waals surface area contributed by atoms with Gasteiger partial charge in [0, 0.05) is 10.6 Å². The normalized spacial score (nSPS) is 12.2. The molecule has 0 aliphatic carbocycles. The second kappa shape index (κ2) is 5.85. The van der Waals surface area contributed by atoms with Crippen LogP contribution in [0.5, 0.6) is 0 Å². The fourth-order valence-corrected chi connectivity index (χ4v) is 3.48. The van der Waals surface area contributed by atoms with Gasteiger partial charge in [0.15, 0.2) is 5.82 Å². The molecular weight excluding hydrogens is 342 g/mol. The first-order valence-electron chi connectivity index (χ1n) is 7.34. The van der Waals surface area contributed by atoms with Crippen molar-refractivity contribution in [1.82, 2.24) is 14.6 Å². The van der Waals surface area contributed by atoms with Crippen LogP contribution in [-0.4, -0.2) is 14.6 Å². The summed E-state index contributed by atoms with van der Waals surface area (Å²) in [6, 6.07) is 15.3. The fraction of sp³-hybridized carbons (Fsp3) is 0.0556. The van der Waals surface area contributed by atoms with Crippen LogP contribution in [0.3, 0.4) is 0 Å². The summed E-state index contributed by atoms with van der Waals surface area (Å²) in [7, 11) is 0. The second-order valence-electron chi connectivity index (χ2n) is 5.47. The van der Waals surface area contributed by atoms with Crippen molar-refractivity contribution in [3.8, 4) is 11.4 Å². The maximum Gasteiger partial charge on any atom is 0.291 e. The third-order valence-electron chi connectivity index (χ3n) is 3.63. The van der Waals surface area contributed by atoms with Crippen molar-refractivity contribution in [1.29, 1.82) is 0 Å². The molecule has 0 amide bonds. The van der Waals surface area contributed by atoms with Crippen LogP contribution >= 0.6 is 22.9 Å². The van der Waals surface area contributed by atoms with Gasteiger partial charge >= 0.3 is 0 Å². The minimum absolute atomic E-state index is 0.156. The predicted molar refractivity (Wildman–Crippen MR) is 97.5 cm³/mol. The molecule has 0 spiro atoms. The van der Waals surface area contributed by atoms with E-state index in [4.69, 9.17) is 11.6 Å². The van der Waals surface area contributed by atoms with Crippen molar-refractivity contribution in [2.24, 2.45) is 0 Å². The number of rotatable bonds is 2. The summed E-state index contributed by atoms with van der Waals surface area (Å²) in [4.78, 5) is 17.6. The first-order chi connectivity index (χ1) is 11.6. The largest absolute Gasteiger partial charge is 0.291 e. The molecule has 0 saturated heterocycles. The third kappa shape index (κ3) is 2.72. The van der Waals surface area contributed by atoms with Crippen LogP contribution < -0.4 is 10.1 Å². The van der Waals surface area contributed by atoms with E-state index >= 15 is 0 Å². The summed E-state index contributed by atoms with van der Waals surface area (Å²) < 4.78 is 1.97. The molecule has 4 nitrogen and oxygen atoms in total. The van der Waals surface area contributed by atoms with Crippen LogP contribution in [0.25, 0.3) is 22.4 Å². The van der Waals surface area contributed by atoms with Gasteiger partial charge < -0.3 is 0 Å². The molecule has 0 fully saturated rings. The van der Waals surface area contributed by atoms with E-state index in [2.05, 4.69) is 10.1 Å². The minimum atomic E-state index is -0.156. The highest BCUT2D eigenvalue weighted by Crippen LogP contribution is 2.17. The van der Waals surface area contributed by atoms with E-state index in [1.807, 2.05) is 49.4 Å². The van der Waals surface area contributed by atoms with Gasteiger partial charge in [-0.1, -0.05) is 58.8 Å². The molecule has 2 aromatic carbocycles. The van der Waals surface area contributed by atoms with E-state index in [-0.39, 0.29) is 5.56 Å². The van der Waals surface area contributed by atoms with E-state index in [1.165, 1.54) is 15.9 Å². The number of aromatic nitrogens is 3. The molecule has 0 aliphatic heterocycles. The van der Waals surface area contributed by atoms with Crippen LogP contribution in [-0.2, 0) is 0 Å². The molecule has 0 N–H and O–H groups in total. The predicted octanol–water partition coefficient (Wildman–Crippen LogP) is 3.33. The molecule has 6 heteroatoms. The highest BCUT2D eigenvalue weighted by Gasteiger charge is 2.11. The minimum Gasteiger partial charge on any atom is -0.266 e. The zero-order chi connectivity index (χ0) is 16.7. The standard InChI is InChI=1S/C18H12ClN3OS/c1-11-3-2-4-13(9-11)16-20-18-22(21-16)17(23)15(24-18)10-12-5-7-14(19)8-6-12/h2-10H,1H3/b15-10-. The number of hydrogen-bond donors (Lipinski definition) is 0. The third-order valence-corrected chi connectivity index (χ3v) is 4.84. The van der Waals surface area contributed by atoms with Crippen molar-refractivity contribution < 1.29 is 0 Å². The highest BCUT2D eigenvalue weighted by molar-refractivity contribution is 7.15. The van der Waals surface area contributed by atoms with Gasteiger partial charge in [-0.25, -0.2) is 0 Å². The van der Waals surface area contributed by atoms with Crippen molar-refractivity contribution in [2.45, 2.75) is 6.92 Å². The van der Waals surface area contributed by atoms with Gasteiger partial charge in [-0.2, -0.15) is 9.50 Å². The molecule has 0 saturated carbocycles. The summed E-state index contributed by atoms with van der Waals surface area (Å²) in [5, 5.41) is 5.03. The SMILES string of the molecule is Cc1cccc(-c2nc3s/c(=C\c4ccc(Cl)cc4)c(=O)n3n2)c1. The van der Waals surface area contributed by atoms with E-state index in [0.717, 1.165) is 16.7 Å². The molecule has 2 aromatic heterocycles. The second-order valence-corrected chi connectivity index (χ2v) is 6.91. The van der Waals surface area contributed by atoms with E-state index in [9.17, 15) is 4.79 Å². The fourth-order valence-electron chi connectivity index (χ4n) is 2.45. The topological polar surface area (TPSA) is 47.3 Å². The molecule has 0 unspecified atom stereocenters. The first kappa shape index (κ1) is 15.1. The molecule has 4 rings (SSSR count). The van der Waals surface area contributed by atoms with Gasteiger partial charge in [0.1, 0.15) is 0 Å². The maximum atomic E-state index is 12.5. The van der Waals surface area contributed by atoms with Gasteiger partial charge in [-0.3, -0.25) is 4.79 Å². The number of benzene rings is 2. The Hall–Kier alpha value is -2.50. The molecule has 0 atom stereocenters. The van der Waals surface area contributed by atoms with E-state index < -0.39 is 0 Å². The van der Waals surface area contributed by atoms with Crippen LogP contribution in [0.1, 0.15) is 11.1 Å². The van der Waals surface area contributed by atoms with Crippen molar-refractivity contribution in [3.05, 3.63) is 79.6 Å². The Morgan fingerprint density at radius 3 is 2.67 bits per heavy atom. The summed E-state index contributed by atoms with van der Waals surface area (Å²) in [6.45, 7) is 2.01. The molecule has 4 aromatic rings. The van der Waals surface area contributed by atoms with Gasteiger partial charge in [-0.05, 0) is 36.8 Å². The molecule has 2 heterocycles. The quantitative estimate of drug-likeness (QED) is 0.555. The lowest BCUT2D eigenvalue weighted by Gasteiger charge is -1.95. The molecule has 118 valence electrons. The van der Waals surface area contributed by atoms with Crippen LogP contribution in [0.4, 0.5) is 0 Å². The summed E-state index contributed by atoms with van der Waals surface area (Å²) in [5.74, 6) is 0.570. The highest BCUT2D eigenvalue weighted by atomic mass is 35.5. The average Bonchev–Trinajstić information content (AvgIpc) is 3.10. The van der Waals surface area contributed by atoms with Crippen molar-refractivity contribution >= 4 is 34.0 Å². The van der Waals surface area contributed by atoms with Crippen LogP contribution in [0.2, 0.25) is 5.02 Å². The lowest BCUT2D eigenvalue weighted by atomic mass is 10.1. The lowest BCUT2D eigenvalue weighted by molar-refractivity contribution is 0.936. The van der Waals surface area contributed by atoms with Gasteiger partial charge in [0.2, 0.25) is 4.96 Å². The Bertz CT molecular complexity index is 1150. The number of fused-ring (bicyclic) bond motifs is 1. The number of halogens is 1. The lowest BCUT2D eigenvalue weighted by Crippen LogP contribution is -2.23. The number of nitrogens with zero attached hydrogens (tertiary/aromatic N) is 3. The summed E-state index contributed by atoms with van der Waals surface area (Å²) >= 11 is 7.21. The maximum absolute atomic E-state index is 12.5. The van der Waals surface area contributed by atoms with Gasteiger partial charge in [-0.15, -0.1) is 5.10 Å². The van der Waals surface area contributed by atoms with Crippen molar-refractivity contribution in [3.63, 3.8) is 0 Å². The van der Waals surface area contributed by atoms with Gasteiger partial charge in [0.05, 0.1) is 4.53 Å². The first-order valence-corrected chi connectivity index (χ1v) is 8.53. The monoisotopic (exact) mass is 353 g/mol.